The summed E-state index contributed by atoms with van der Waals surface area (Å²) in [5.74, 6) is 1.99. The van der Waals surface area contributed by atoms with Gasteiger partial charge in [0.1, 0.15) is 35.8 Å². The molecule has 3 aromatic carbocycles. The van der Waals surface area contributed by atoms with Crippen LogP contribution in [0.15, 0.2) is 101 Å². The first-order valence-electron chi connectivity index (χ1n) is 12.1. The SMILES string of the molecule is N=CS(O)(O)CC=NCc1ccoc1-c1ccc2ncnc(Nc3ccc(OCc4ccccc4)cc3)c2c1. The lowest BCUT2D eigenvalue weighted by Crippen LogP contribution is -2.04. The van der Waals surface area contributed by atoms with E-state index in [2.05, 4.69) is 20.3 Å². The summed E-state index contributed by atoms with van der Waals surface area (Å²) in [6.45, 7) is 0.800. The quantitative estimate of drug-likeness (QED) is 0.103. The van der Waals surface area contributed by atoms with Gasteiger partial charge in [-0.1, -0.05) is 30.3 Å². The van der Waals surface area contributed by atoms with Crippen molar-refractivity contribution in [2.75, 3.05) is 11.1 Å². The molecule has 2 aromatic heterocycles. The van der Waals surface area contributed by atoms with Crippen molar-refractivity contribution in [1.82, 2.24) is 9.97 Å². The lowest BCUT2D eigenvalue weighted by atomic mass is 10.1. The zero-order valence-corrected chi connectivity index (χ0v) is 21.7. The largest absolute Gasteiger partial charge is 0.489 e. The zero-order valence-electron chi connectivity index (χ0n) is 20.9. The summed E-state index contributed by atoms with van der Waals surface area (Å²) in [6.07, 6.45) is 4.54. The summed E-state index contributed by atoms with van der Waals surface area (Å²) in [6, 6.07) is 25.4. The molecule has 0 unspecified atom stereocenters. The molecule has 0 saturated carbocycles. The first kappa shape index (κ1) is 26.1. The number of ether oxygens (including phenoxy) is 1. The number of rotatable bonds is 11. The van der Waals surface area contributed by atoms with Crippen LogP contribution in [-0.2, 0) is 13.2 Å². The number of nitrogens with zero attached hydrogens (tertiary/aromatic N) is 3. The monoisotopic (exact) mass is 541 g/mol. The van der Waals surface area contributed by atoms with Crippen LogP contribution < -0.4 is 10.1 Å². The molecule has 39 heavy (non-hydrogen) atoms. The second-order valence-corrected chi connectivity index (χ2v) is 10.7. The third kappa shape index (κ3) is 6.68. The second-order valence-electron chi connectivity index (χ2n) is 8.68. The molecule has 0 radical (unpaired) electrons. The van der Waals surface area contributed by atoms with Crippen LogP contribution in [0.3, 0.4) is 0 Å². The van der Waals surface area contributed by atoms with Crippen LogP contribution in [0.4, 0.5) is 11.5 Å². The minimum atomic E-state index is -3.05. The van der Waals surface area contributed by atoms with Crippen molar-refractivity contribution in [2.45, 2.75) is 13.2 Å². The maximum Gasteiger partial charge on any atom is 0.141 e. The molecular formula is C29H27N5O4S. The minimum absolute atomic E-state index is 0.0911. The molecule has 10 heteroatoms. The first-order chi connectivity index (χ1) is 19.0. The highest BCUT2D eigenvalue weighted by Crippen LogP contribution is 2.33. The second kappa shape index (κ2) is 11.9. The van der Waals surface area contributed by atoms with Crippen LogP contribution >= 0.6 is 10.6 Å². The van der Waals surface area contributed by atoms with Gasteiger partial charge < -0.3 is 14.5 Å². The van der Waals surface area contributed by atoms with Crippen molar-refractivity contribution in [3.05, 3.63) is 103 Å². The Balaban J connectivity index is 1.31. The van der Waals surface area contributed by atoms with Crippen molar-refractivity contribution in [3.8, 4) is 17.1 Å². The van der Waals surface area contributed by atoms with Crippen molar-refractivity contribution in [1.29, 1.82) is 5.41 Å². The Kier molecular flexibility index (Phi) is 7.97. The highest BCUT2D eigenvalue weighted by molar-refractivity contribution is 8.35. The van der Waals surface area contributed by atoms with Crippen LogP contribution in [0.1, 0.15) is 11.1 Å². The zero-order chi connectivity index (χ0) is 27.1. The van der Waals surface area contributed by atoms with E-state index in [1.807, 2.05) is 78.9 Å². The summed E-state index contributed by atoms with van der Waals surface area (Å²) in [4.78, 5) is 13.1. The lowest BCUT2D eigenvalue weighted by Gasteiger charge is -2.23. The number of benzene rings is 3. The Bertz CT molecular complexity index is 1590. The molecule has 0 spiro atoms. The van der Waals surface area contributed by atoms with Crippen LogP contribution in [0.2, 0.25) is 0 Å². The van der Waals surface area contributed by atoms with Crippen molar-refractivity contribution in [2.24, 2.45) is 4.99 Å². The number of nitrogens with one attached hydrogen (secondary N) is 2. The number of hydrogen-bond donors (Lipinski definition) is 4. The summed E-state index contributed by atoms with van der Waals surface area (Å²) in [5, 5.41) is 11.2. The minimum Gasteiger partial charge on any atom is -0.489 e. The topological polar surface area (TPSA) is 137 Å². The van der Waals surface area contributed by atoms with Crippen molar-refractivity contribution < 1.29 is 18.3 Å². The number of anilines is 2. The Hall–Kier alpha value is -4.51. The van der Waals surface area contributed by atoms with Gasteiger partial charge in [-0.05, 0) is 54.1 Å². The Morgan fingerprint density at radius 1 is 1.00 bits per heavy atom. The van der Waals surface area contributed by atoms with E-state index in [1.54, 1.807) is 6.26 Å². The maximum absolute atomic E-state index is 9.59. The van der Waals surface area contributed by atoms with Crippen LogP contribution in [0.5, 0.6) is 5.75 Å². The van der Waals surface area contributed by atoms with E-state index < -0.39 is 10.6 Å². The molecule has 0 atom stereocenters. The van der Waals surface area contributed by atoms with Crippen LogP contribution in [-0.4, -0.2) is 36.6 Å². The van der Waals surface area contributed by atoms with Gasteiger partial charge in [0.15, 0.2) is 0 Å². The Morgan fingerprint density at radius 3 is 2.62 bits per heavy atom. The van der Waals surface area contributed by atoms with Gasteiger partial charge in [-0.2, -0.15) is 10.6 Å². The van der Waals surface area contributed by atoms with Gasteiger partial charge >= 0.3 is 0 Å². The van der Waals surface area contributed by atoms with E-state index >= 15 is 0 Å². The number of hydrogen-bond acceptors (Lipinski definition) is 9. The summed E-state index contributed by atoms with van der Waals surface area (Å²) >= 11 is 0. The molecule has 0 saturated heterocycles. The van der Waals surface area contributed by atoms with E-state index in [4.69, 9.17) is 14.6 Å². The number of aromatic nitrogens is 2. The van der Waals surface area contributed by atoms with Crippen LogP contribution in [0, 0.1) is 5.41 Å². The van der Waals surface area contributed by atoms with E-state index in [0.717, 1.165) is 39.0 Å². The van der Waals surface area contributed by atoms with Gasteiger partial charge in [0, 0.05) is 28.4 Å². The fourth-order valence-electron chi connectivity index (χ4n) is 3.90. The molecule has 0 aliphatic heterocycles. The fraction of sp³-hybridized carbons (Fsp3) is 0.103. The molecule has 2 heterocycles. The average molecular weight is 542 g/mol. The highest BCUT2D eigenvalue weighted by Gasteiger charge is 2.12. The van der Waals surface area contributed by atoms with E-state index in [1.165, 1.54) is 12.5 Å². The predicted octanol–water partition coefficient (Wildman–Crippen LogP) is 7.14. The molecule has 0 aliphatic rings. The molecule has 0 aliphatic carbocycles. The van der Waals surface area contributed by atoms with Crippen molar-refractivity contribution >= 4 is 44.8 Å². The third-order valence-corrected chi connectivity index (χ3v) is 6.93. The molecule has 9 nitrogen and oxygen atoms in total. The van der Waals surface area contributed by atoms with Gasteiger partial charge in [0.2, 0.25) is 0 Å². The van der Waals surface area contributed by atoms with Gasteiger partial charge in [-0.25, -0.2) is 9.97 Å². The molecule has 0 fully saturated rings. The van der Waals surface area contributed by atoms with E-state index in [9.17, 15) is 9.11 Å². The number of furan rings is 1. The lowest BCUT2D eigenvalue weighted by molar-refractivity contribution is 0.306. The van der Waals surface area contributed by atoms with Gasteiger partial charge in [-0.15, -0.1) is 0 Å². The smallest absolute Gasteiger partial charge is 0.141 e. The summed E-state index contributed by atoms with van der Waals surface area (Å²) in [5.41, 5.74) is 5.08. The Morgan fingerprint density at radius 2 is 1.82 bits per heavy atom. The number of fused-ring (bicyclic) bond motifs is 1. The molecule has 0 amide bonds. The first-order valence-corrected chi connectivity index (χ1v) is 13.9. The normalized spacial score (nSPS) is 12.1. The van der Waals surface area contributed by atoms with Crippen molar-refractivity contribution in [3.63, 3.8) is 0 Å². The van der Waals surface area contributed by atoms with E-state index in [-0.39, 0.29) is 5.75 Å². The molecule has 198 valence electrons. The summed E-state index contributed by atoms with van der Waals surface area (Å²) < 4.78 is 30.8. The van der Waals surface area contributed by atoms with E-state index in [0.29, 0.717) is 30.3 Å². The van der Waals surface area contributed by atoms with Gasteiger partial charge in [-0.3, -0.25) is 19.5 Å². The number of aliphatic imine (C=N–C) groups is 1. The van der Waals surface area contributed by atoms with Gasteiger partial charge in [0.05, 0.1) is 24.1 Å². The fourth-order valence-corrected chi connectivity index (χ4v) is 4.32. The summed E-state index contributed by atoms with van der Waals surface area (Å²) in [7, 11) is -3.05. The van der Waals surface area contributed by atoms with Crippen LogP contribution in [0.25, 0.3) is 22.2 Å². The maximum atomic E-state index is 9.59. The van der Waals surface area contributed by atoms with Gasteiger partial charge in [0.25, 0.3) is 0 Å². The molecule has 5 aromatic rings. The predicted molar refractivity (Wildman–Crippen MR) is 156 cm³/mol. The Labute approximate surface area is 227 Å². The third-order valence-electron chi connectivity index (χ3n) is 5.91. The standard InChI is InChI=1S/C29H27N5O4S/c30-19-39(35,36)15-13-31-17-23-12-14-37-28(23)22-6-11-27-26(16-22)29(33-20-32-27)34-24-7-9-25(10-8-24)38-18-21-4-2-1-3-5-21/h1-14,16,19-20,30,35-36H,15,17-18H2,(H,32,33,34). The highest BCUT2D eigenvalue weighted by atomic mass is 32.3. The average Bonchev–Trinajstić information content (AvgIpc) is 3.44. The molecule has 4 N–H and O–H groups in total. The molecule has 0 bridgehead atoms. The molecule has 5 rings (SSSR count). The molecular weight excluding hydrogens is 514 g/mol.